The second-order valence-corrected chi connectivity index (χ2v) is 12.8. The van der Waals surface area contributed by atoms with E-state index in [1.165, 1.54) is 0 Å². The Hall–Kier alpha value is -1.54. The minimum atomic E-state index is -1.22. The molecule has 4 aliphatic carbocycles. The molecule has 4 bridgehead atoms. The molecule has 0 spiro atoms. The zero-order valence-electron chi connectivity index (χ0n) is 23.2. The Kier molecular flexibility index (Phi) is 7.00. The van der Waals surface area contributed by atoms with Gasteiger partial charge in [-0.2, -0.15) is 0 Å². The maximum Gasteiger partial charge on any atom is 0.315 e. The van der Waals surface area contributed by atoms with Gasteiger partial charge in [-0.05, 0) is 55.8 Å². The van der Waals surface area contributed by atoms with E-state index in [9.17, 15) is 14.7 Å². The van der Waals surface area contributed by atoms with Crippen LogP contribution in [-0.2, 0) is 23.8 Å². The molecule has 1 heterocycles. The lowest BCUT2D eigenvalue weighted by Gasteiger charge is -2.58. The zero-order valence-corrected chi connectivity index (χ0v) is 23.2. The Labute approximate surface area is 221 Å². The summed E-state index contributed by atoms with van der Waals surface area (Å²) in [5.41, 5.74) is -1.81. The molecule has 3 saturated carbocycles. The molecule has 1 saturated heterocycles. The van der Waals surface area contributed by atoms with E-state index in [0.717, 1.165) is 31.1 Å². The van der Waals surface area contributed by atoms with Crippen molar-refractivity contribution in [1.82, 2.24) is 4.90 Å². The van der Waals surface area contributed by atoms with Crippen LogP contribution in [0.1, 0.15) is 53.4 Å². The van der Waals surface area contributed by atoms with Crippen LogP contribution >= 0.6 is 0 Å². The molecule has 7 heteroatoms. The number of rotatable bonds is 9. The second kappa shape index (κ2) is 9.58. The molecule has 5 aliphatic rings. The first kappa shape index (κ1) is 27.0. The fraction of sp³-hybridized carbons (Fsp3) is 0.800. The van der Waals surface area contributed by atoms with Gasteiger partial charge in [0, 0.05) is 32.2 Å². The van der Waals surface area contributed by atoms with E-state index in [-0.39, 0.29) is 36.6 Å². The van der Waals surface area contributed by atoms with Crippen molar-refractivity contribution in [2.24, 2.45) is 45.8 Å². The molecule has 0 amide bonds. The lowest BCUT2D eigenvalue weighted by atomic mass is 9.43. The van der Waals surface area contributed by atoms with Crippen molar-refractivity contribution < 1.29 is 28.9 Å². The average molecular weight is 516 g/mol. The maximum absolute atomic E-state index is 13.6. The number of ether oxygens (including phenoxy) is 3. The van der Waals surface area contributed by atoms with E-state index in [4.69, 9.17) is 14.2 Å². The summed E-state index contributed by atoms with van der Waals surface area (Å²) < 4.78 is 18.7. The van der Waals surface area contributed by atoms with Crippen molar-refractivity contribution in [2.75, 3.05) is 33.4 Å². The Morgan fingerprint density at radius 3 is 2.68 bits per heavy atom. The van der Waals surface area contributed by atoms with Crippen molar-refractivity contribution in [3.63, 3.8) is 0 Å². The van der Waals surface area contributed by atoms with Crippen LogP contribution in [0.15, 0.2) is 24.3 Å². The molecule has 0 aromatic rings. The van der Waals surface area contributed by atoms with Gasteiger partial charge in [0.2, 0.25) is 0 Å². The topological polar surface area (TPSA) is 85.3 Å². The van der Waals surface area contributed by atoms with Crippen molar-refractivity contribution in [3.05, 3.63) is 24.3 Å². The van der Waals surface area contributed by atoms with Gasteiger partial charge in [0.1, 0.15) is 11.7 Å². The third kappa shape index (κ3) is 3.53. The standard InChI is InChI=1S/C30H45NO6/c1-7-10-31-14-25(35-6)20(5)37-26(15-31)36-17-29-13-22-19(4)8-9-23(22)28(16-32)12-21(29)11-24(18(2)3)30(28,29)27(33)34/h7,11,16,18-23,25-26H,1,8-10,12-15,17H2,2-6H3,(H,33,34)/t19-,20-,21?,22-,23-,25+,26-,28+,29?,30+/m1/s1. The van der Waals surface area contributed by atoms with Crippen LogP contribution in [0.5, 0.6) is 0 Å². The zero-order chi connectivity index (χ0) is 26.8. The van der Waals surface area contributed by atoms with Gasteiger partial charge >= 0.3 is 5.97 Å². The monoisotopic (exact) mass is 515 g/mol. The van der Waals surface area contributed by atoms with Gasteiger partial charge < -0.3 is 24.1 Å². The van der Waals surface area contributed by atoms with Gasteiger partial charge in [-0.3, -0.25) is 9.69 Å². The number of fused-ring (bicyclic) bond motifs is 2. The van der Waals surface area contributed by atoms with Gasteiger partial charge in [0.05, 0.1) is 24.2 Å². The van der Waals surface area contributed by atoms with Crippen LogP contribution < -0.4 is 0 Å². The lowest BCUT2D eigenvalue weighted by molar-refractivity contribution is -0.219. The molecule has 7 nitrogen and oxygen atoms in total. The predicted octanol–water partition coefficient (Wildman–Crippen LogP) is 4.18. The van der Waals surface area contributed by atoms with Crippen molar-refractivity contribution >= 4 is 12.3 Å². The summed E-state index contributed by atoms with van der Waals surface area (Å²) in [5.74, 6) is 0.170. The number of aldehydes is 1. The second-order valence-electron chi connectivity index (χ2n) is 12.8. The van der Waals surface area contributed by atoms with Gasteiger partial charge in [-0.25, -0.2) is 0 Å². The predicted molar refractivity (Wildman–Crippen MR) is 140 cm³/mol. The number of aliphatic carboxylic acids is 1. The van der Waals surface area contributed by atoms with Crippen LogP contribution in [0.25, 0.3) is 0 Å². The summed E-state index contributed by atoms with van der Waals surface area (Å²) in [5, 5.41) is 11.1. The highest BCUT2D eigenvalue weighted by atomic mass is 16.7. The summed E-state index contributed by atoms with van der Waals surface area (Å²) >= 11 is 0. The summed E-state index contributed by atoms with van der Waals surface area (Å²) in [6, 6.07) is 0. The number of carbonyl (C=O) groups is 2. The average Bonchev–Trinajstić information content (AvgIpc) is 3.38. The molecule has 1 N–H and O–H groups in total. The summed E-state index contributed by atoms with van der Waals surface area (Å²) in [6.45, 7) is 14.6. The number of hydrogen-bond acceptors (Lipinski definition) is 6. The van der Waals surface area contributed by atoms with Crippen LogP contribution in [0.2, 0.25) is 0 Å². The quantitative estimate of drug-likeness (QED) is 0.364. The van der Waals surface area contributed by atoms with Crippen LogP contribution in [0.4, 0.5) is 0 Å². The summed E-state index contributed by atoms with van der Waals surface area (Å²) in [7, 11) is 1.70. The number of carboxylic acid groups (broad SMARTS) is 1. The van der Waals surface area contributed by atoms with E-state index in [1.54, 1.807) is 7.11 Å². The SMILES string of the molecule is C=CCN1C[C@H](OCC23C[C@@H]4[C@H](C)CC[C@H]4[C@@]4(C=O)CC2C=C(C(C)C)[C@@]34C(=O)O)O[C@H](C)[C@@H](OC)C1. The van der Waals surface area contributed by atoms with E-state index in [2.05, 4.69) is 38.3 Å². The number of carboxylic acids is 1. The van der Waals surface area contributed by atoms with E-state index < -0.39 is 28.5 Å². The molecule has 0 aromatic heterocycles. The molecule has 2 unspecified atom stereocenters. The van der Waals surface area contributed by atoms with Crippen LogP contribution in [-0.4, -0.2) is 74.1 Å². The lowest BCUT2D eigenvalue weighted by Crippen LogP contribution is -2.63. The van der Waals surface area contributed by atoms with Crippen molar-refractivity contribution in [3.8, 4) is 0 Å². The molecule has 0 radical (unpaired) electrons. The van der Waals surface area contributed by atoms with Crippen molar-refractivity contribution in [1.29, 1.82) is 0 Å². The molecule has 4 fully saturated rings. The molecule has 1 aliphatic heterocycles. The Bertz CT molecular complexity index is 964. The normalized spacial score (nSPS) is 47.0. The minimum Gasteiger partial charge on any atom is -0.481 e. The smallest absolute Gasteiger partial charge is 0.315 e. The first-order valence-electron chi connectivity index (χ1n) is 14.2. The first-order valence-corrected chi connectivity index (χ1v) is 14.2. The third-order valence-corrected chi connectivity index (χ3v) is 11.1. The molecule has 206 valence electrons. The summed E-state index contributed by atoms with van der Waals surface area (Å²) in [4.78, 5) is 29.0. The Morgan fingerprint density at radius 1 is 1.30 bits per heavy atom. The minimum absolute atomic E-state index is 0.0169. The summed E-state index contributed by atoms with van der Waals surface area (Å²) in [6.07, 6.45) is 7.79. The largest absolute Gasteiger partial charge is 0.481 e. The van der Waals surface area contributed by atoms with Gasteiger partial charge in [0.25, 0.3) is 0 Å². The highest BCUT2D eigenvalue weighted by molar-refractivity contribution is 5.90. The van der Waals surface area contributed by atoms with Crippen molar-refractivity contribution in [2.45, 2.75) is 71.9 Å². The highest BCUT2D eigenvalue weighted by Crippen LogP contribution is 2.82. The van der Waals surface area contributed by atoms with Crippen LogP contribution in [0, 0.1) is 45.8 Å². The van der Waals surface area contributed by atoms with Crippen LogP contribution in [0.3, 0.4) is 0 Å². The van der Waals surface area contributed by atoms with Gasteiger partial charge in [-0.15, -0.1) is 6.58 Å². The van der Waals surface area contributed by atoms with E-state index in [0.29, 0.717) is 37.9 Å². The number of methoxy groups -OCH3 is 1. The number of allylic oxidation sites excluding steroid dienone is 1. The first-order chi connectivity index (χ1) is 17.6. The molecular weight excluding hydrogens is 470 g/mol. The molecule has 37 heavy (non-hydrogen) atoms. The van der Waals surface area contributed by atoms with Gasteiger partial charge in [0.15, 0.2) is 6.29 Å². The van der Waals surface area contributed by atoms with E-state index >= 15 is 0 Å². The highest BCUT2D eigenvalue weighted by Gasteiger charge is 2.84. The number of carbonyl (C=O) groups excluding carboxylic acids is 1. The third-order valence-electron chi connectivity index (χ3n) is 11.1. The maximum atomic E-state index is 13.6. The number of nitrogens with zero attached hydrogens (tertiary/aromatic N) is 1. The van der Waals surface area contributed by atoms with Gasteiger partial charge in [-0.1, -0.05) is 44.9 Å². The Balaban J connectivity index is 1.54. The molecule has 5 rings (SSSR count). The number of hydrogen-bond donors (Lipinski definition) is 1. The van der Waals surface area contributed by atoms with E-state index in [1.807, 2.05) is 13.0 Å². The molecular formula is C30H45NO6. The molecule has 0 aromatic carbocycles. The molecule has 10 atom stereocenters. The Morgan fingerprint density at radius 2 is 2.05 bits per heavy atom. The fourth-order valence-electron chi connectivity index (χ4n) is 9.62. The fourth-order valence-corrected chi connectivity index (χ4v) is 9.62.